The number of ether oxygens (including phenoxy) is 1. The minimum absolute atomic E-state index is 0.00829. The Kier molecular flexibility index (Phi) is 4.19. The fourth-order valence-corrected chi connectivity index (χ4v) is 2.16. The normalized spacial score (nSPS) is 29.6. The Hall–Kier alpha value is -1.74. The van der Waals surface area contributed by atoms with Crippen LogP contribution in [0.4, 0.5) is 0 Å². The molecule has 1 aromatic rings. The number of aromatic nitrogens is 2. The average Bonchev–Trinajstić information content (AvgIpc) is 2.70. The zero-order chi connectivity index (χ0) is 14.9. The lowest BCUT2D eigenvalue weighted by Crippen LogP contribution is -2.36. The van der Waals surface area contributed by atoms with Crippen LogP contribution in [0.15, 0.2) is 28.4 Å². The smallest absolute Gasteiger partial charge is 0.328 e. The summed E-state index contributed by atoms with van der Waals surface area (Å²) in [5, 5.41) is 28.6. The number of hydrogen-bond acceptors (Lipinski definition) is 6. The molecule has 110 valence electrons. The third kappa shape index (κ3) is 2.46. The molecule has 4 N–H and O–H groups in total. The molecule has 1 unspecified atom stereocenters. The van der Waals surface area contributed by atoms with Gasteiger partial charge in [-0.3, -0.25) is 14.3 Å². The molecule has 20 heavy (non-hydrogen) atoms. The van der Waals surface area contributed by atoms with E-state index in [2.05, 4.69) is 11.6 Å². The van der Waals surface area contributed by atoms with Crippen LogP contribution in [0.5, 0.6) is 0 Å². The second-order valence-electron chi connectivity index (χ2n) is 4.54. The first kappa shape index (κ1) is 14.7. The molecule has 1 aliphatic heterocycles. The number of H-pyrrole nitrogens is 1. The Morgan fingerprint density at radius 1 is 1.40 bits per heavy atom. The molecule has 0 radical (unpaired) electrons. The molecule has 2 heterocycles. The van der Waals surface area contributed by atoms with Crippen LogP contribution >= 0.6 is 0 Å². The SMILES string of the molecule is C=CCn1cc([C@@H]2O[C@H](CO)[C@H](O)C2O)c(=O)[nH]c1=O. The van der Waals surface area contributed by atoms with Gasteiger partial charge in [0, 0.05) is 12.7 Å². The molecule has 8 nitrogen and oxygen atoms in total. The molecular formula is C12H16N2O6. The fraction of sp³-hybridized carbons (Fsp3) is 0.500. The lowest BCUT2D eigenvalue weighted by Gasteiger charge is -2.15. The quantitative estimate of drug-likeness (QED) is 0.468. The highest BCUT2D eigenvalue weighted by Crippen LogP contribution is 2.31. The molecule has 4 atom stereocenters. The summed E-state index contributed by atoms with van der Waals surface area (Å²) in [4.78, 5) is 25.4. The van der Waals surface area contributed by atoms with E-state index in [9.17, 15) is 19.8 Å². The van der Waals surface area contributed by atoms with E-state index in [1.165, 1.54) is 16.8 Å². The Morgan fingerprint density at radius 3 is 2.65 bits per heavy atom. The Bertz CT molecular complexity index is 607. The van der Waals surface area contributed by atoms with Crippen molar-refractivity contribution in [2.45, 2.75) is 31.0 Å². The van der Waals surface area contributed by atoms with Crippen molar-refractivity contribution in [2.24, 2.45) is 0 Å². The van der Waals surface area contributed by atoms with Crippen LogP contribution in [-0.4, -0.2) is 49.8 Å². The summed E-state index contributed by atoms with van der Waals surface area (Å²) < 4.78 is 6.46. The molecule has 0 spiro atoms. The predicted molar refractivity (Wildman–Crippen MR) is 68.2 cm³/mol. The number of rotatable bonds is 4. The van der Waals surface area contributed by atoms with Gasteiger partial charge in [0.15, 0.2) is 0 Å². The van der Waals surface area contributed by atoms with Gasteiger partial charge in [0.25, 0.3) is 5.56 Å². The van der Waals surface area contributed by atoms with E-state index < -0.39 is 42.3 Å². The molecule has 0 aliphatic carbocycles. The van der Waals surface area contributed by atoms with E-state index in [-0.39, 0.29) is 12.1 Å². The summed E-state index contributed by atoms with van der Waals surface area (Å²) in [5.74, 6) is 0. The van der Waals surface area contributed by atoms with Crippen molar-refractivity contribution in [1.29, 1.82) is 0 Å². The van der Waals surface area contributed by atoms with Gasteiger partial charge >= 0.3 is 5.69 Å². The molecule has 1 fully saturated rings. The summed E-state index contributed by atoms with van der Waals surface area (Å²) in [6.45, 7) is 3.18. The monoisotopic (exact) mass is 284 g/mol. The molecule has 2 rings (SSSR count). The lowest BCUT2D eigenvalue weighted by molar-refractivity contribution is -0.0233. The molecule has 0 aromatic carbocycles. The third-order valence-electron chi connectivity index (χ3n) is 3.21. The summed E-state index contributed by atoms with van der Waals surface area (Å²) in [7, 11) is 0. The number of aliphatic hydroxyl groups is 3. The largest absolute Gasteiger partial charge is 0.394 e. The maximum Gasteiger partial charge on any atom is 0.328 e. The highest BCUT2D eigenvalue weighted by atomic mass is 16.6. The molecule has 0 amide bonds. The fourth-order valence-electron chi connectivity index (χ4n) is 2.16. The van der Waals surface area contributed by atoms with Crippen LogP contribution in [0.25, 0.3) is 0 Å². The summed E-state index contributed by atoms with van der Waals surface area (Å²) in [6.07, 6.45) is -2.02. The van der Waals surface area contributed by atoms with Gasteiger partial charge in [-0.25, -0.2) is 4.79 Å². The second-order valence-corrected chi connectivity index (χ2v) is 4.54. The third-order valence-corrected chi connectivity index (χ3v) is 3.21. The van der Waals surface area contributed by atoms with Crippen LogP contribution in [0.1, 0.15) is 11.7 Å². The molecule has 1 aromatic heterocycles. The van der Waals surface area contributed by atoms with Crippen LogP contribution in [0.3, 0.4) is 0 Å². The van der Waals surface area contributed by atoms with Crippen molar-refractivity contribution in [2.75, 3.05) is 6.61 Å². The lowest BCUT2D eigenvalue weighted by atomic mass is 10.0. The minimum atomic E-state index is -1.36. The number of aromatic amines is 1. The average molecular weight is 284 g/mol. The summed E-state index contributed by atoms with van der Waals surface area (Å²) >= 11 is 0. The van der Waals surface area contributed by atoms with Crippen molar-refractivity contribution in [3.63, 3.8) is 0 Å². The van der Waals surface area contributed by atoms with Crippen LogP contribution < -0.4 is 11.2 Å². The Balaban J connectivity index is 2.43. The van der Waals surface area contributed by atoms with Crippen molar-refractivity contribution in [1.82, 2.24) is 9.55 Å². The zero-order valence-corrected chi connectivity index (χ0v) is 10.6. The molecule has 0 saturated carbocycles. The van der Waals surface area contributed by atoms with Gasteiger partial charge in [-0.2, -0.15) is 0 Å². The molecular weight excluding hydrogens is 268 g/mol. The van der Waals surface area contributed by atoms with Gasteiger partial charge < -0.3 is 20.1 Å². The number of aliphatic hydroxyl groups excluding tert-OH is 3. The van der Waals surface area contributed by atoms with Gasteiger partial charge in [-0.05, 0) is 0 Å². The van der Waals surface area contributed by atoms with Crippen molar-refractivity contribution < 1.29 is 20.1 Å². The van der Waals surface area contributed by atoms with Crippen LogP contribution in [-0.2, 0) is 11.3 Å². The molecule has 1 saturated heterocycles. The van der Waals surface area contributed by atoms with E-state index in [4.69, 9.17) is 9.84 Å². The van der Waals surface area contributed by atoms with Gasteiger partial charge in [-0.1, -0.05) is 6.08 Å². The van der Waals surface area contributed by atoms with Crippen molar-refractivity contribution in [3.8, 4) is 0 Å². The maximum atomic E-state index is 11.8. The van der Waals surface area contributed by atoms with Crippen LogP contribution in [0, 0.1) is 0 Å². The molecule has 8 heteroatoms. The summed E-state index contributed by atoms with van der Waals surface area (Å²) in [5.41, 5.74) is -1.30. The second kappa shape index (κ2) is 5.71. The molecule has 1 aliphatic rings. The first-order chi connectivity index (χ1) is 9.49. The van der Waals surface area contributed by atoms with E-state index in [0.29, 0.717) is 0 Å². The number of nitrogens with zero attached hydrogens (tertiary/aromatic N) is 1. The highest BCUT2D eigenvalue weighted by Gasteiger charge is 2.44. The zero-order valence-electron chi connectivity index (χ0n) is 10.6. The minimum Gasteiger partial charge on any atom is -0.394 e. The Morgan fingerprint density at radius 2 is 2.10 bits per heavy atom. The standard InChI is InChI=1S/C12H16N2O6/c1-2-3-14-4-6(11(18)13-12(14)19)10-9(17)8(16)7(5-15)20-10/h2,4,7-10,15-17H,1,3,5H2,(H,13,18,19)/t7-,8+,9?,10+/m1/s1. The number of hydrogen-bond donors (Lipinski definition) is 4. The molecule has 0 bridgehead atoms. The Labute approximate surface area is 113 Å². The van der Waals surface area contributed by atoms with Gasteiger partial charge in [-0.15, -0.1) is 6.58 Å². The van der Waals surface area contributed by atoms with Crippen molar-refractivity contribution in [3.05, 3.63) is 45.3 Å². The van der Waals surface area contributed by atoms with E-state index in [0.717, 1.165) is 0 Å². The number of allylic oxidation sites excluding steroid dienone is 1. The van der Waals surface area contributed by atoms with Crippen LogP contribution in [0.2, 0.25) is 0 Å². The topological polar surface area (TPSA) is 125 Å². The van der Waals surface area contributed by atoms with Gasteiger partial charge in [0.1, 0.15) is 24.4 Å². The van der Waals surface area contributed by atoms with Gasteiger partial charge in [0.05, 0.1) is 12.2 Å². The first-order valence-corrected chi connectivity index (χ1v) is 6.06. The van der Waals surface area contributed by atoms with E-state index in [1.807, 2.05) is 0 Å². The highest BCUT2D eigenvalue weighted by molar-refractivity contribution is 5.14. The number of nitrogens with one attached hydrogen (secondary N) is 1. The first-order valence-electron chi connectivity index (χ1n) is 6.06. The summed E-state index contributed by atoms with van der Waals surface area (Å²) in [6, 6.07) is 0. The van der Waals surface area contributed by atoms with E-state index >= 15 is 0 Å². The predicted octanol–water partition coefficient (Wildman–Crippen LogP) is -2.12. The van der Waals surface area contributed by atoms with E-state index in [1.54, 1.807) is 0 Å². The van der Waals surface area contributed by atoms with Crippen molar-refractivity contribution >= 4 is 0 Å². The van der Waals surface area contributed by atoms with Gasteiger partial charge in [0.2, 0.25) is 0 Å². The maximum absolute atomic E-state index is 11.8.